The molecule has 8 aromatic heterocycles. The molecule has 0 spiro atoms. The highest BCUT2D eigenvalue weighted by atomic mass is 16.6. The van der Waals surface area contributed by atoms with Gasteiger partial charge in [0.05, 0.1) is 73.9 Å². The summed E-state index contributed by atoms with van der Waals surface area (Å²) >= 11 is 0. The summed E-state index contributed by atoms with van der Waals surface area (Å²) in [6.45, 7) is 8.63. The number of nitrogens with zero attached hydrogens (tertiary/aromatic N) is 8. The van der Waals surface area contributed by atoms with E-state index in [1.807, 2.05) is 94.8 Å². The highest BCUT2D eigenvalue weighted by Gasteiger charge is 2.27. The lowest BCUT2D eigenvalue weighted by Gasteiger charge is -2.23. The van der Waals surface area contributed by atoms with Crippen molar-refractivity contribution in [2.45, 2.75) is 84.5 Å². The summed E-state index contributed by atoms with van der Waals surface area (Å²) in [5, 5.41) is 22.4. The first-order valence-electron chi connectivity index (χ1n) is 36.7. The third kappa shape index (κ3) is 16.7. The number of anilines is 6. The number of aromatic nitrogens is 11. The molecule has 10 N–H and O–H groups in total. The number of aryl methyl sites for hydroxylation is 2. The predicted octanol–water partition coefficient (Wildman–Crippen LogP) is 14.1. The van der Waals surface area contributed by atoms with Crippen molar-refractivity contribution in [1.82, 2.24) is 76.1 Å². The number of aromatic amines is 3. The maximum atomic E-state index is 12.2. The largest absolute Gasteiger partial charge is 0.495 e. The van der Waals surface area contributed by atoms with Crippen molar-refractivity contribution >= 4 is 114 Å². The normalized spacial score (nSPS) is 13.4. The number of fused-ring (bicyclic) bond motifs is 5. The van der Waals surface area contributed by atoms with E-state index in [0.717, 1.165) is 98.3 Å². The lowest BCUT2D eigenvalue weighted by atomic mass is 9.98. The van der Waals surface area contributed by atoms with Gasteiger partial charge in [0.2, 0.25) is 35.5 Å². The van der Waals surface area contributed by atoms with Crippen LogP contribution in [0.15, 0.2) is 143 Å². The molecule has 14 aromatic rings. The molecule has 113 heavy (non-hydrogen) atoms. The first-order chi connectivity index (χ1) is 54.9. The van der Waals surface area contributed by atoms with E-state index in [4.69, 9.17) is 56.9 Å². The minimum Gasteiger partial charge on any atom is -0.495 e. The van der Waals surface area contributed by atoms with Crippen LogP contribution in [0.1, 0.15) is 106 Å². The van der Waals surface area contributed by atoms with E-state index in [1.54, 1.807) is 109 Å². The van der Waals surface area contributed by atoms with Crippen LogP contribution in [0.4, 0.5) is 34.9 Å². The number of rotatable bonds is 22. The fourth-order valence-electron chi connectivity index (χ4n) is 13.4. The zero-order valence-corrected chi connectivity index (χ0v) is 64.0. The number of ether oxygens (including phenoxy) is 7. The molecular formula is C82H84N18O13. The molecular weight excluding hydrogens is 1450 g/mol. The molecule has 31 nitrogen and oxygen atoms in total. The number of H-pyrrole nitrogens is 3. The topological polar surface area (TPSA) is 394 Å². The molecule has 31 heteroatoms. The monoisotopic (exact) mass is 1530 g/mol. The van der Waals surface area contributed by atoms with E-state index in [-0.39, 0.29) is 41.9 Å². The Hall–Kier alpha value is -13.8. The Morgan fingerprint density at radius 2 is 0.850 bits per heavy atom. The van der Waals surface area contributed by atoms with Crippen LogP contribution in [0.25, 0.3) is 88.7 Å². The van der Waals surface area contributed by atoms with Gasteiger partial charge in [0.25, 0.3) is 23.6 Å². The first kappa shape index (κ1) is 76.0. The SMILES string of the molecule is CNC(=O)c1ccc(-c2c[nH]c3nc(Nc4ccc(C(=O)NC)cc4OC)nc(O[C@H]4CCOC4)c23)cc1.CNC(=O)c1ccc(OC)c(Nc2nc(OC(C)C)c3c(-c4ccc5nc(C)oc5c4)c[nH]c3n2)c1.CNC(=O)c1ccc(OC)c(Nc2nc(OC3CCCCC3)c3c(-c4ccc5nc(C)oc5c4)c[nH]c3n2)c1. The number of amides is 4. The lowest BCUT2D eigenvalue weighted by Crippen LogP contribution is -2.20. The first-order valence-corrected chi connectivity index (χ1v) is 36.7. The zero-order valence-electron chi connectivity index (χ0n) is 64.0. The second kappa shape index (κ2) is 33.6. The number of oxazole rings is 2. The number of methoxy groups -OCH3 is 3. The van der Waals surface area contributed by atoms with Gasteiger partial charge in [0.1, 0.15) is 57.4 Å². The van der Waals surface area contributed by atoms with Crippen molar-refractivity contribution in [3.8, 4) is 68.3 Å². The van der Waals surface area contributed by atoms with Gasteiger partial charge in [-0.05, 0) is 147 Å². The van der Waals surface area contributed by atoms with E-state index < -0.39 is 0 Å². The molecule has 6 aromatic carbocycles. The number of nitrogens with one attached hydrogen (secondary N) is 10. The number of hydrogen-bond donors (Lipinski definition) is 10. The van der Waals surface area contributed by atoms with Gasteiger partial charge in [-0.3, -0.25) is 19.2 Å². The standard InChI is InChI=1S/C29H30N6O4.C27H28N6O5.C26H26N6O4/c1-16-32-21-11-9-17(14-24(21)38-16)20-15-31-26-25(20)28(39-19-7-5-4-6-8-19)35-29(34-26)33-22-13-18(27(36)30-2)10-12-23(22)37-3;1-28-24(34)16-6-4-15(5-7-16)19-13-30-23-22(19)26(38-18-10-11-37-14-18)33-27(32-23)31-20-9-8-17(25(35)29-2)12-21(20)36-3;1-13(2)35-25-22-17(15-6-8-18-21(11-15)36-14(3)29-18)12-28-23(22)31-26(32-25)30-19-10-16(24(33)27-4)7-9-20(19)34-5/h9-15,19H,4-8H2,1-3H3,(H,30,36)(H2,31,33,34,35);4-9,12-13,18H,10-11,14H2,1-3H3,(H,28,34)(H,29,35)(H2,30,31,32,33);6-13H,1-5H3,(H,27,33)(H2,28,30,31,32)/t;18-;/m.0./s1. The van der Waals surface area contributed by atoms with Gasteiger partial charge in [-0.15, -0.1) is 0 Å². The third-order valence-electron chi connectivity index (χ3n) is 18.9. The third-order valence-corrected chi connectivity index (χ3v) is 18.9. The van der Waals surface area contributed by atoms with Gasteiger partial charge in [-0.25, -0.2) is 9.97 Å². The molecule has 4 amide bonds. The molecule has 1 aliphatic heterocycles. The van der Waals surface area contributed by atoms with Crippen LogP contribution in [0, 0.1) is 13.8 Å². The fourth-order valence-corrected chi connectivity index (χ4v) is 13.4. The molecule has 1 saturated heterocycles. The van der Waals surface area contributed by atoms with Gasteiger partial charge in [0, 0.05) is 106 Å². The van der Waals surface area contributed by atoms with Gasteiger partial charge < -0.3 is 94.2 Å². The molecule has 16 rings (SSSR count). The van der Waals surface area contributed by atoms with Crippen molar-refractivity contribution in [2.24, 2.45) is 0 Å². The molecule has 1 saturated carbocycles. The Balaban J connectivity index is 0.000000141. The Morgan fingerprint density at radius 1 is 0.434 bits per heavy atom. The molecule has 1 atom stereocenters. The van der Waals surface area contributed by atoms with Crippen LogP contribution >= 0.6 is 0 Å². The maximum Gasteiger partial charge on any atom is 0.251 e. The van der Waals surface area contributed by atoms with Crippen LogP contribution in [0.5, 0.6) is 34.9 Å². The summed E-state index contributed by atoms with van der Waals surface area (Å²) in [4.78, 5) is 95.2. The molecule has 0 bridgehead atoms. The number of carbonyl (C=O) groups excluding carboxylic acids is 4. The molecule has 9 heterocycles. The van der Waals surface area contributed by atoms with E-state index in [9.17, 15) is 19.2 Å². The summed E-state index contributed by atoms with van der Waals surface area (Å²) in [5.41, 5.74) is 13.9. The second-order valence-corrected chi connectivity index (χ2v) is 26.8. The van der Waals surface area contributed by atoms with E-state index in [2.05, 4.69) is 77.1 Å². The summed E-state index contributed by atoms with van der Waals surface area (Å²) in [6, 6.07) is 34.4. The number of benzene rings is 6. The summed E-state index contributed by atoms with van der Waals surface area (Å²) in [6.07, 6.45) is 11.7. The highest BCUT2D eigenvalue weighted by Crippen LogP contribution is 2.42. The number of hydrogen-bond acceptors (Lipinski definition) is 24. The molecule has 2 aliphatic rings. The van der Waals surface area contributed by atoms with Crippen LogP contribution in [-0.2, 0) is 4.74 Å². The Kier molecular flexibility index (Phi) is 22.6. The van der Waals surface area contributed by atoms with Crippen LogP contribution < -0.4 is 65.6 Å². The smallest absolute Gasteiger partial charge is 0.251 e. The molecule has 1 aliphatic carbocycles. The summed E-state index contributed by atoms with van der Waals surface area (Å²) in [7, 11) is 11.0. The van der Waals surface area contributed by atoms with Crippen LogP contribution in [0.2, 0.25) is 0 Å². The van der Waals surface area contributed by atoms with Gasteiger partial charge in [0.15, 0.2) is 22.9 Å². The van der Waals surface area contributed by atoms with Gasteiger partial charge in [-0.1, -0.05) is 30.7 Å². The van der Waals surface area contributed by atoms with Crippen LogP contribution in [-0.4, -0.2) is 159 Å². The van der Waals surface area contributed by atoms with Crippen molar-refractivity contribution < 1.29 is 61.2 Å². The van der Waals surface area contributed by atoms with E-state index >= 15 is 0 Å². The fraction of sp³-hybridized carbons (Fsp3) is 0.268. The zero-order chi connectivity index (χ0) is 79.0. The van der Waals surface area contributed by atoms with Crippen LogP contribution in [0.3, 0.4) is 0 Å². The average Bonchev–Trinajstić information content (AvgIpc) is 1.64. The average molecular weight is 1530 g/mol. The minimum atomic E-state index is -0.218. The molecule has 0 unspecified atom stereocenters. The number of carbonyl (C=O) groups is 4. The Labute approximate surface area is 647 Å². The van der Waals surface area contributed by atoms with Crippen molar-refractivity contribution in [3.63, 3.8) is 0 Å². The predicted molar refractivity (Wildman–Crippen MR) is 428 cm³/mol. The summed E-state index contributed by atoms with van der Waals surface area (Å²) in [5.74, 6) is 4.25. The molecule has 580 valence electrons. The van der Waals surface area contributed by atoms with E-state index in [0.29, 0.717) is 140 Å². The van der Waals surface area contributed by atoms with E-state index in [1.165, 1.54) is 13.5 Å². The summed E-state index contributed by atoms with van der Waals surface area (Å²) < 4.78 is 52.4. The highest BCUT2D eigenvalue weighted by molar-refractivity contribution is 6.03. The molecule has 2 fully saturated rings. The Morgan fingerprint density at radius 3 is 1.31 bits per heavy atom. The van der Waals surface area contributed by atoms with Gasteiger partial charge in [-0.2, -0.15) is 29.9 Å². The van der Waals surface area contributed by atoms with Gasteiger partial charge >= 0.3 is 0 Å². The molecule has 0 radical (unpaired) electrons. The Bertz CT molecular complexity index is 5860. The lowest BCUT2D eigenvalue weighted by molar-refractivity contribution is 0.0955. The minimum absolute atomic E-state index is 0.0815. The van der Waals surface area contributed by atoms with Crippen molar-refractivity contribution in [3.05, 3.63) is 168 Å². The quantitative estimate of drug-likeness (QED) is 0.0301. The van der Waals surface area contributed by atoms with Crippen molar-refractivity contribution in [1.29, 1.82) is 0 Å². The second-order valence-electron chi connectivity index (χ2n) is 26.8. The maximum absolute atomic E-state index is 12.2. The van der Waals surface area contributed by atoms with Crippen molar-refractivity contribution in [2.75, 3.05) is 78.7 Å².